The molecular weight excluding hydrogens is 320 g/mol. The summed E-state index contributed by atoms with van der Waals surface area (Å²) in [5.41, 5.74) is 0.752. The molecule has 6 nitrogen and oxygen atoms in total. The fourth-order valence-electron chi connectivity index (χ4n) is 3.38. The van der Waals surface area contributed by atoms with Gasteiger partial charge in [0.2, 0.25) is 11.3 Å². The molecule has 2 heterocycles. The molecule has 25 heavy (non-hydrogen) atoms. The second-order valence-corrected chi connectivity index (χ2v) is 5.86. The number of nitrogens with one attached hydrogen (secondary N) is 2. The smallest absolute Gasteiger partial charge is 0.344 e. The monoisotopic (exact) mass is 336 g/mol. The minimum Gasteiger partial charge on any atom is -0.497 e. The molecule has 0 saturated heterocycles. The maximum Gasteiger partial charge on any atom is 0.344 e. The number of rotatable bonds is 3. The number of esters is 1. The van der Waals surface area contributed by atoms with Crippen LogP contribution in [-0.2, 0) is 15.1 Å². The van der Waals surface area contributed by atoms with E-state index >= 15 is 0 Å². The Bertz CT molecular complexity index is 1010. The van der Waals surface area contributed by atoms with E-state index < -0.39 is 11.5 Å². The third-order valence-electron chi connectivity index (χ3n) is 4.62. The number of aromatic amines is 1. The van der Waals surface area contributed by atoms with Crippen LogP contribution in [-0.4, -0.2) is 31.0 Å². The number of carbonyl (C=O) groups excluding carboxylic acids is 2. The quantitative estimate of drug-likeness (QED) is 0.568. The SMILES string of the molecule is COC(=O)C1(c2c[nH]c3ccc(OC)cc23)Nc2ccccc2C1=O. The van der Waals surface area contributed by atoms with Gasteiger partial charge in [-0.3, -0.25) is 4.79 Å². The molecule has 1 atom stereocenters. The summed E-state index contributed by atoms with van der Waals surface area (Å²) >= 11 is 0. The van der Waals surface area contributed by atoms with Gasteiger partial charge in [-0.1, -0.05) is 12.1 Å². The van der Waals surface area contributed by atoms with Crippen molar-refractivity contribution in [1.82, 2.24) is 4.98 Å². The van der Waals surface area contributed by atoms with Gasteiger partial charge in [0.05, 0.1) is 14.2 Å². The Morgan fingerprint density at radius 1 is 1.12 bits per heavy atom. The van der Waals surface area contributed by atoms with E-state index in [1.54, 1.807) is 37.6 Å². The molecule has 2 N–H and O–H groups in total. The summed E-state index contributed by atoms with van der Waals surface area (Å²) in [4.78, 5) is 29.1. The highest BCUT2D eigenvalue weighted by molar-refractivity contribution is 6.26. The highest BCUT2D eigenvalue weighted by Crippen LogP contribution is 2.43. The van der Waals surface area contributed by atoms with Crippen molar-refractivity contribution >= 4 is 28.3 Å². The molecule has 1 aliphatic heterocycles. The van der Waals surface area contributed by atoms with Crippen LogP contribution in [0.25, 0.3) is 10.9 Å². The second kappa shape index (κ2) is 5.37. The predicted molar refractivity (Wildman–Crippen MR) is 92.9 cm³/mol. The van der Waals surface area contributed by atoms with Crippen LogP contribution < -0.4 is 10.1 Å². The molecule has 0 fully saturated rings. The first-order valence-electron chi connectivity index (χ1n) is 7.78. The highest BCUT2D eigenvalue weighted by Gasteiger charge is 2.55. The van der Waals surface area contributed by atoms with Crippen LogP contribution in [0.5, 0.6) is 5.75 Å². The van der Waals surface area contributed by atoms with Crippen LogP contribution in [0.15, 0.2) is 48.7 Å². The van der Waals surface area contributed by atoms with Crippen molar-refractivity contribution in [3.05, 3.63) is 59.8 Å². The Kier molecular flexibility index (Phi) is 3.28. The Morgan fingerprint density at radius 3 is 2.64 bits per heavy atom. The molecule has 126 valence electrons. The Morgan fingerprint density at radius 2 is 1.92 bits per heavy atom. The molecule has 0 saturated carbocycles. The first-order valence-corrected chi connectivity index (χ1v) is 7.78. The summed E-state index contributed by atoms with van der Waals surface area (Å²) in [5.74, 6) is -0.354. The van der Waals surface area contributed by atoms with Crippen LogP contribution in [0.4, 0.5) is 5.69 Å². The van der Waals surface area contributed by atoms with Crippen molar-refractivity contribution in [3.63, 3.8) is 0 Å². The van der Waals surface area contributed by atoms with E-state index in [0.717, 1.165) is 10.9 Å². The summed E-state index contributed by atoms with van der Waals surface area (Å²) < 4.78 is 10.3. The zero-order valence-electron chi connectivity index (χ0n) is 13.8. The molecule has 0 radical (unpaired) electrons. The Balaban J connectivity index is 1.99. The number of ketones is 1. The normalized spacial score (nSPS) is 18.7. The van der Waals surface area contributed by atoms with Gasteiger partial charge in [-0.05, 0) is 30.3 Å². The summed E-state index contributed by atoms with van der Waals surface area (Å²) in [5, 5.41) is 3.82. The molecule has 4 rings (SSSR count). The van der Waals surface area contributed by atoms with E-state index in [4.69, 9.17) is 9.47 Å². The zero-order valence-corrected chi connectivity index (χ0v) is 13.8. The lowest BCUT2D eigenvalue weighted by Gasteiger charge is -2.25. The lowest BCUT2D eigenvalue weighted by molar-refractivity contribution is -0.144. The number of benzene rings is 2. The van der Waals surface area contributed by atoms with E-state index in [1.807, 2.05) is 18.2 Å². The molecule has 1 unspecified atom stereocenters. The van der Waals surface area contributed by atoms with Crippen molar-refractivity contribution in [2.45, 2.75) is 5.54 Å². The van der Waals surface area contributed by atoms with Gasteiger partial charge < -0.3 is 19.8 Å². The molecule has 1 aromatic heterocycles. The van der Waals surface area contributed by atoms with Gasteiger partial charge >= 0.3 is 5.97 Å². The summed E-state index contributed by atoms with van der Waals surface area (Å²) in [7, 11) is 2.84. The molecule has 0 bridgehead atoms. The third-order valence-corrected chi connectivity index (χ3v) is 4.62. The number of methoxy groups -OCH3 is 2. The largest absolute Gasteiger partial charge is 0.497 e. The topological polar surface area (TPSA) is 80.4 Å². The highest BCUT2D eigenvalue weighted by atomic mass is 16.5. The van der Waals surface area contributed by atoms with E-state index in [9.17, 15) is 9.59 Å². The fraction of sp³-hybridized carbons (Fsp3) is 0.158. The lowest BCUT2D eigenvalue weighted by Crippen LogP contribution is -2.47. The minimum absolute atomic E-state index is 0.335. The van der Waals surface area contributed by atoms with Crippen molar-refractivity contribution in [1.29, 1.82) is 0 Å². The number of ether oxygens (including phenoxy) is 2. The third kappa shape index (κ3) is 1.97. The van der Waals surface area contributed by atoms with E-state index in [0.29, 0.717) is 22.6 Å². The summed E-state index contributed by atoms with van der Waals surface area (Å²) in [6.45, 7) is 0. The van der Waals surface area contributed by atoms with Gasteiger partial charge in [-0.25, -0.2) is 4.79 Å². The first kappa shape index (κ1) is 15.3. The van der Waals surface area contributed by atoms with E-state index in [-0.39, 0.29) is 5.78 Å². The van der Waals surface area contributed by atoms with E-state index in [1.165, 1.54) is 7.11 Å². The summed E-state index contributed by atoms with van der Waals surface area (Å²) in [6.07, 6.45) is 1.66. The standard InChI is InChI=1S/C19H16N2O4/c1-24-11-7-8-15-13(9-11)14(10-20-15)19(18(23)25-2)17(22)12-5-3-4-6-16(12)21-19/h3-10,20-21H,1-2H3. The molecular formula is C19H16N2O4. The minimum atomic E-state index is -1.62. The number of carbonyl (C=O) groups is 2. The van der Waals surface area contributed by atoms with Gasteiger partial charge in [-0.2, -0.15) is 0 Å². The number of anilines is 1. The summed E-state index contributed by atoms with van der Waals surface area (Å²) in [6, 6.07) is 12.5. The Hall–Kier alpha value is -3.28. The fourth-order valence-corrected chi connectivity index (χ4v) is 3.38. The Labute approximate surface area is 143 Å². The van der Waals surface area contributed by atoms with Crippen molar-refractivity contribution < 1.29 is 19.1 Å². The van der Waals surface area contributed by atoms with Crippen molar-refractivity contribution in [2.24, 2.45) is 0 Å². The number of H-pyrrole nitrogens is 1. The van der Waals surface area contributed by atoms with Crippen LogP contribution in [0.2, 0.25) is 0 Å². The molecule has 1 aliphatic rings. The number of aromatic nitrogens is 1. The number of hydrogen-bond donors (Lipinski definition) is 2. The number of para-hydroxylation sites is 1. The zero-order chi connectivity index (χ0) is 17.6. The van der Waals surface area contributed by atoms with Gasteiger partial charge in [0.25, 0.3) is 0 Å². The van der Waals surface area contributed by atoms with Crippen LogP contribution in [0.1, 0.15) is 15.9 Å². The molecule has 0 amide bonds. The number of Topliss-reactive ketones (excluding diaryl/α,β-unsaturated/α-hetero) is 1. The van der Waals surface area contributed by atoms with Crippen LogP contribution in [0, 0.1) is 0 Å². The molecule has 0 aliphatic carbocycles. The van der Waals surface area contributed by atoms with Gasteiger partial charge in [-0.15, -0.1) is 0 Å². The molecule has 6 heteroatoms. The molecule has 0 spiro atoms. The van der Waals surface area contributed by atoms with Crippen molar-refractivity contribution in [2.75, 3.05) is 19.5 Å². The van der Waals surface area contributed by atoms with Crippen LogP contribution >= 0.6 is 0 Å². The number of fused-ring (bicyclic) bond motifs is 2. The van der Waals surface area contributed by atoms with Crippen LogP contribution in [0.3, 0.4) is 0 Å². The maximum absolute atomic E-state index is 13.2. The average Bonchev–Trinajstić information content (AvgIpc) is 3.20. The average molecular weight is 336 g/mol. The van der Waals surface area contributed by atoms with Crippen molar-refractivity contribution in [3.8, 4) is 5.75 Å². The van der Waals surface area contributed by atoms with Gasteiger partial charge in [0.1, 0.15) is 5.75 Å². The van der Waals surface area contributed by atoms with Gasteiger partial charge in [0.15, 0.2) is 0 Å². The molecule has 2 aromatic carbocycles. The first-order chi connectivity index (χ1) is 12.1. The lowest BCUT2D eigenvalue weighted by atomic mass is 9.85. The van der Waals surface area contributed by atoms with E-state index in [2.05, 4.69) is 10.3 Å². The predicted octanol–water partition coefficient (Wildman–Crippen LogP) is 2.85. The van der Waals surface area contributed by atoms with Gasteiger partial charge in [0, 0.05) is 33.9 Å². The maximum atomic E-state index is 13.2. The molecule has 3 aromatic rings. The number of hydrogen-bond acceptors (Lipinski definition) is 5. The second-order valence-electron chi connectivity index (χ2n) is 5.86.